The fourth-order valence-corrected chi connectivity index (χ4v) is 6.64. The third-order valence-electron chi connectivity index (χ3n) is 9.11. The van der Waals surface area contributed by atoms with Crippen molar-refractivity contribution in [3.05, 3.63) is 108 Å². The average Bonchev–Trinajstić information content (AvgIpc) is 3.10. The lowest BCUT2D eigenvalue weighted by Gasteiger charge is -2.35. The van der Waals surface area contributed by atoms with Crippen LogP contribution in [0.25, 0.3) is 0 Å². The average molecular weight is 625 g/mol. The molecule has 1 aliphatic rings. The highest BCUT2D eigenvalue weighted by Crippen LogP contribution is 2.42. The Morgan fingerprint density at radius 3 is 1.89 bits per heavy atom. The molecule has 3 aromatic carbocycles. The number of amides is 3. The van der Waals surface area contributed by atoms with E-state index in [-0.39, 0.29) is 43.7 Å². The zero-order chi connectivity index (χ0) is 32.5. The van der Waals surface area contributed by atoms with Crippen LogP contribution < -0.4 is 16.0 Å². The summed E-state index contributed by atoms with van der Waals surface area (Å²) in [5.41, 5.74) is 2.27. The molecule has 1 saturated heterocycles. The first kappa shape index (κ1) is 34.9. The predicted molar refractivity (Wildman–Crippen MR) is 185 cm³/mol. The molecule has 7 heteroatoms. The summed E-state index contributed by atoms with van der Waals surface area (Å²) >= 11 is 0. The van der Waals surface area contributed by atoms with Crippen LogP contribution in [0.15, 0.2) is 91.0 Å². The molecule has 0 bridgehead atoms. The summed E-state index contributed by atoms with van der Waals surface area (Å²) in [6, 6.07) is 30.1. The van der Waals surface area contributed by atoms with Crippen LogP contribution >= 0.6 is 0 Å². The Morgan fingerprint density at radius 2 is 1.30 bits per heavy atom. The molecule has 1 aliphatic heterocycles. The summed E-state index contributed by atoms with van der Waals surface area (Å²) < 4.78 is 0. The highest BCUT2D eigenvalue weighted by Gasteiger charge is 2.38. The van der Waals surface area contributed by atoms with Crippen molar-refractivity contribution in [3.8, 4) is 0 Å². The largest absolute Gasteiger partial charge is 0.356 e. The number of carbonyl (C=O) groups is 3. The number of nitrogens with zero attached hydrogens (tertiary/aromatic N) is 1. The molecule has 4 rings (SSSR count). The molecule has 0 aliphatic carbocycles. The molecule has 0 saturated carbocycles. The van der Waals surface area contributed by atoms with Crippen LogP contribution in [0.4, 0.5) is 0 Å². The van der Waals surface area contributed by atoms with Crippen LogP contribution in [0.3, 0.4) is 0 Å². The highest BCUT2D eigenvalue weighted by molar-refractivity contribution is 5.86. The van der Waals surface area contributed by atoms with Gasteiger partial charge in [0.25, 0.3) is 0 Å². The lowest BCUT2D eigenvalue weighted by atomic mass is 9.67. The Kier molecular flexibility index (Phi) is 14.3. The smallest absolute Gasteiger partial charge is 0.239 e. The van der Waals surface area contributed by atoms with Gasteiger partial charge < -0.3 is 20.9 Å². The Balaban J connectivity index is 1.22. The van der Waals surface area contributed by atoms with Crippen molar-refractivity contribution in [1.82, 2.24) is 20.9 Å². The summed E-state index contributed by atoms with van der Waals surface area (Å²) in [5, 5.41) is 8.68. The van der Waals surface area contributed by atoms with Crippen LogP contribution in [0, 0.1) is 5.92 Å². The highest BCUT2D eigenvalue weighted by atomic mass is 16.2. The van der Waals surface area contributed by atoms with Gasteiger partial charge >= 0.3 is 0 Å². The minimum Gasteiger partial charge on any atom is -0.356 e. The van der Waals surface area contributed by atoms with E-state index in [1.165, 1.54) is 38.5 Å². The van der Waals surface area contributed by atoms with E-state index in [0.29, 0.717) is 12.5 Å². The van der Waals surface area contributed by atoms with Gasteiger partial charge in [0, 0.05) is 32.5 Å². The second-order valence-corrected chi connectivity index (χ2v) is 12.6. The minimum absolute atomic E-state index is 0.0561. The Bertz CT molecular complexity index is 1240. The lowest BCUT2D eigenvalue weighted by molar-refractivity contribution is -0.126. The predicted octanol–water partition coefficient (Wildman–Crippen LogP) is 5.83. The SMILES string of the molecule is CCCCCCCN1CCC[C@H](CNC(=O)CCNC(=O)CNC(=O)CC(c2ccccc2)(c2ccccc2)c2ccccc2)C1. The first-order chi connectivity index (χ1) is 22.5. The van der Waals surface area contributed by atoms with Crippen molar-refractivity contribution in [3.63, 3.8) is 0 Å². The van der Waals surface area contributed by atoms with E-state index in [0.717, 1.165) is 42.7 Å². The number of hydrogen-bond acceptors (Lipinski definition) is 4. The molecule has 0 radical (unpaired) electrons. The van der Waals surface area contributed by atoms with E-state index in [1.807, 2.05) is 91.0 Å². The van der Waals surface area contributed by atoms with Gasteiger partial charge in [-0.25, -0.2) is 0 Å². The summed E-state index contributed by atoms with van der Waals surface area (Å²) in [6.45, 7) is 6.37. The number of unbranched alkanes of at least 4 members (excludes halogenated alkanes) is 4. The second-order valence-electron chi connectivity index (χ2n) is 12.6. The number of piperidine rings is 1. The fourth-order valence-electron chi connectivity index (χ4n) is 6.64. The van der Waals surface area contributed by atoms with Crippen molar-refractivity contribution in [1.29, 1.82) is 0 Å². The molecule has 46 heavy (non-hydrogen) atoms. The minimum atomic E-state index is -0.730. The quantitative estimate of drug-likeness (QED) is 0.123. The third kappa shape index (κ3) is 10.5. The molecule has 0 unspecified atom stereocenters. The van der Waals surface area contributed by atoms with Gasteiger partial charge in [-0.3, -0.25) is 14.4 Å². The zero-order valence-corrected chi connectivity index (χ0v) is 27.5. The maximum Gasteiger partial charge on any atom is 0.239 e. The maximum atomic E-state index is 13.5. The van der Waals surface area contributed by atoms with Gasteiger partial charge in [0.05, 0.1) is 12.0 Å². The van der Waals surface area contributed by atoms with Crippen molar-refractivity contribution in [2.75, 3.05) is 39.3 Å². The molecule has 246 valence electrons. The van der Waals surface area contributed by atoms with Gasteiger partial charge in [0.1, 0.15) is 0 Å². The molecule has 3 N–H and O–H groups in total. The fraction of sp³-hybridized carbons (Fsp3) is 0.462. The van der Waals surface area contributed by atoms with E-state index in [2.05, 4.69) is 27.8 Å². The molecular formula is C39H52N4O3. The van der Waals surface area contributed by atoms with Crippen LogP contribution in [-0.4, -0.2) is 61.9 Å². The van der Waals surface area contributed by atoms with Crippen LogP contribution in [-0.2, 0) is 19.8 Å². The summed E-state index contributed by atoms with van der Waals surface area (Å²) in [4.78, 5) is 41.1. The van der Waals surface area contributed by atoms with Gasteiger partial charge in [-0.05, 0) is 55.0 Å². The second kappa shape index (κ2) is 18.9. The molecule has 7 nitrogen and oxygen atoms in total. The van der Waals surface area contributed by atoms with Crippen LogP contribution in [0.1, 0.15) is 81.4 Å². The van der Waals surface area contributed by atoms with Gasteiger partial charge in [0.15, 0.2) is 0 Å². The summed E-state index contributed by atoms with van der Waals surface area (Å²) in [7, 11) is 0. The number of benzene rings is 3. The first-order valence-corrected chi connectivity index (χ1v) is 17.2. The molecule has 1 fully saturated rings. The maximum absolute atomic E-state index is 13.5. The molecule has 1 heterocycles. The first-order valence-electron chi connectivity index (χ1n) is 17.2. The molecule has 3 amide bonds. The molecule has 0 aromatic heterocycles. The van der Waals surface area contributed by atoms with Gasteiger partial charge in [-0.15, -0.1) is 0 Å². The molecule has 0 spiro atoms. The van der Waals surface area contributed by atoms with Crippen LogP contribution in [0.5, 0.6) is 0 Å². The van der Waals surface area contributed by atoms with Crippen molar-refractivity contribution >= 4 is 17.7 Å². The number of carbonyl (C=O) groups excluding carboxylic acids is 3. The number of likely N-dealkylation sites (tertiary alicyclic amines) is 1. The van der Waals surface area contributed by atoms with Crippen molar-refractivity contribution in [2.24, 2.45) is 5.92 Å². The van der Waals surface area contributed by atoms with E-state index in [4.69, 9.17) is 0 Å². The van der Waals surface area contributed by atoms with Gasteiger partial charge in [-0.1, -0.05) is 124 Å². The zero-order valence-electron chi connectivity index (χ0n) is 27.5. The van der Waals surface area contributed by atoms with Crippen molar-refractivity contribution in [2.45, 2.75) is 70.1 Å². The topological polar surface area (TPSA) is 90.5 Å². The molecule has 1 atom stereocenters. The van der Waals surface area contributed by atoms with E-state index in [1.54, 1.807) is 0 Å². The van der Waals surface area contributed by atoms with Crippen LogP contribution in [0.2, 0.25) is 0 Å². The lowest BCUT2D eigenvalue weighted by Crippen LogP contribution is -2.43. The summed E-state index contributed by atoms with van der Waals surface area (Å²) in [6.07, 6.45) is 9.15. The number of rotatable bonds is 18. The van der Waals surface area contributed by atoms with Crippen molar-refractivity contribution < 1.29 is 14.4 Å². The molecular weight excluding hydrogens is 572 g/mol. The Labute approximate surface area is 275 Å². The van der Waals surface area contributed by atoms with E-state index in [9.17, 15) is 14.4 Å². The standard InChI is InChI=1S/C39H52N4O3/c1-2-3-4-5-15-26-43-27-16-17-32(31-43)29-41-36(44)24-25-40-38(46)30-42-37(45)28-39(33-18-9-6-10-19-33,34-20-11-7-12-21-34)35-22-13-8-14-23-35/h6-14,18-23,32H,2-5,15-17,24-31H2,1H3,(H,40,46)(H,41,44)(H,42,45)/t32-/m1/s1. The Morgan fingerprint density at radius 1 is 0.717 bits per heavy atom. The number of hydrogen-bond donors (Lipinski definition) is 3. The van der Waals surface area contributed by atoms with E-state index < -0.39 is 5.41 Å². The Hall–Kier alpha value is -3.97. The van der Waals surface area contributed by atoms with Gasteiger partial charge in [0.2, 0.25) is 17.7 Å². The van der Waals surface area contributed by atoms with Gasteiger partial charge in [-0.2, -0.15) is 0 Å². The third-order valence-corrected chi connectivity index (χ3v) is 9.11. The number of nitrogens with one attached hydrogen (secondary N) is 3. The molecule has 3 aromatic rings. The monoisotopic (exact) mass is 624 g/mol. The normalized spacial score (nSPS) is 15.2. The summed E-state index contributed by atoms with van der Waals surface area (Å²) in [5.74, 6) is -0.119. The van der Waals surface area contributed by atoms with E-state index >= 15 is 0 Å².